The minimum absolute atomic E-state index is 0.296. The molecular weight excluding hydrogens is 200 g/mol. The molecule has 0 radical (unpaired) electrons. The molecule has 1 atom stereocenters. The number of halogens is 2. The fraction of sp³-hybridized carbons (Fsp3) is 0.455. The highest BCUT2D eigenvalue weighted by atomic mass is 19.1. The Kier molecular flexibility index (Phi) is 3.28. The lowest BCUT2D eigenvalue weighted by molar-refractivity contribution is 0.0641. The second kappa shape index (κ2) is 4.68. The highest BCUT2D eigenvalue weighted by Gasteiger charge is 2.18. The van der Waals surface area contributed by atoms with E-state index < -0.39 is 11.6 Å². The van der Waals surface area contributed by atoms with Crippen LogP contribution in [-0.4, -0.2) is 19.7 Å². The van der Waals surface area contributed by atoms with Crippen LogP contribution in [0, 0.1) is 11.6 Å². The van der Waals surface area contributed by atoms with Crippen LogP contribution < -0.4 is 5.32 Å². The van der Waals surface area contributed by atoms with Crippen LogP contribution >= 0.6 is 0 Å². The third-order valence-electron chi connectivity index (χ3n) is 2.45. The van der Waals surface area contributed by atoms with E-state index in [1.165, 1.54) is 6.07 Å². The van der Waals surface area contributed by atoms with Gasteiger partial charge < -0.3 is 10.1 Å². The SMILES string of the molecule is Fc1ccc(F)c(C2CNCCCO2)c1. The molecule has 4 heteroatoms. The number of rotatable bonds is 1. The van der Waals surface area contributed by atoms with Crippen molar-refractivity contribution in [2.24, 2.45) is 0 Å². The Morgan fingerprint density at radius 2 is 2.20 bits per heavy atom. The summed E-state index contributed by atoms with van der Waals surface area (Å²) in [7, 11) is 0. The molecule has 1 saturated heterocycles. The maximum absolute atomic E-state index is 13.4. The van der Waals surface area contributed by atoms with Gasteiger partial charge in [0.15, 0.2) is 0 Å². The van der Waals surface area contributed by atoms with Crippen molar-refractivity contribution in [3.8, 4) is 0 Å². The van der Waals surface area contributed by atoms with Crippen molar-refractivity contribution < 1.29 is 13.5 Å². The maximum atomic E-state index is 13.4. The van der Waals surface area contributed by atoms with E-state index in [4.69, 9.17) is 4.74 Å². The molecule has 1 heterocycles. The lowest BCUT2D eigenvalue weighted by atomic mass is 10.1. The van der Waals surface area contributed by atoms with Crippen molar-refractivity contribution in [3.63, 3.8) is 0 Å². The van der Waals surface area contributed by atoms with Crippen LogP contribution in [0.4, 0.5) is 8.78 Å². The summed E-state index contributed by atoms with van der Waals surface area (Å²) < 4.78 is 31.8. The molecule has 1 fully saturated rings. The second-order valence-corrected chi connectivity index (χ2v) is 3.58. The zero-order valence-electron chi connectivity index (χ0n) is 8.30. The van der Waals surface area contributed by atoms with E-state index in [1.807, 2.05) is 0 Å². The molecule has 1 unspecified atom stereocenters. The third kappa shape index (κ3) is 2.52. The van der Waals surface area contributed by atoms with Gasteiger partial charge in [0.2, 0.25) is 0 Å². The Balaban J connectivity index is 2.22. The summed E-state index contributed by atoms with van der Waals surface area (Å²) in [6, 6.07) is 3.45. The number of hydrogen-bond donors (Lipinski definition) is 1. The Hall–Kier alpha value is -1.00. The Bertz CT molecular complexity index is 335. The number of nitrogens with one attached hydrogen (secondary N) is 1. The second-order valence-electron chi connectivity index (χ2n) is 3.58. The zero-order valence-corrected chi connectivity index (χ0v) is 8.30. The van der Waals surface area contributed by atoms with E-state index in [1.54, 1.807) is 0 Å². The van der Waals surface area contributed by atoms with E-state index in [0.29, 0.717) is 18.7 Å². The molecule has 0 aliphatic carbocycles. The van der Waals surface area contributed by atoms with E-state index in [9.17, 15) is 8.78 Å². The molecular formula is C11H13F2NO. The topological polar surface area (TPSA) is 21.3 Å². The van der Waals surface area contributed by atoms with Crippen LogP contribution in [0.5, 0.6) is 0 Å². The van der Waals surface area contributed by atoms with E-state index >= 15 is 0 Å². The van der Waals surface area contributed by atoms with Gasteiger partial charge in [-0.25, -0.2) is 8.78 Å². The molecule has 1 aliphatic rings. The summed E-state index contributed by atoms with van der Waals surface area (Å²) in [5.41, 5.74) is 0.296. The molecule has 82 valence electrons. The first-order valence-electron chi connectivity index (χ1n) is 5.04. The predicted molar refractivity (Wildman–Crippen MR) is 52.5 cm³/mol. The van der Waals surface area contributed by atoms with E-state index in [0.717, 1.165) is 25.1 Å². The Morgan fingerprint density at radius 3 is 3.07 bits per heavy atom. The fourth-order valence-electron chi connectivity index (χ4n) is 1.68. The lowest BCUT2D eigenvalue weighted by Gasteiger charge is -2.16. The largest absolute Gasteiger partial charge is 0.372 e. The zero-order chi connectivity index (χ0) is 10.7. The van der Waals surface area contributed by atoms with Gasteiger partial charge in [0.25, 0.3) is 0 Å². The summed E-state index contributed by atoms with van der Waals surface area (Å²) in [5, 5.41) is 3.13. The highest BCUT2D eigenvalue weighted by molar-refractivity contribution is 5.21. The lowest BCUT2D eigenvalue weighted by Crippen LogP contribution is -2.20. The highest BCUT2D eigenvalue weighted by Crippen LogP contribution is 2.22. The molecule has 0 aromatic heterocycles. The van der Waals surface area contributed by atoms with Crippen molar-refractivity contribution in [2.45, 2.75) is 12.5 Å². The summed E-state index contributed by atoms with van der Waals surface area (Å²) in [6.07, 6.45) is 0.510. The average molecular weight is 213 g/mol. The van der Waals surface area contributed by atoms with Gasteiger partial charge in [-0.3, -0.25) is 0 Å². The number of hydrogen-bond acceptors (Lipinski definition) is 2. The van der Waals surface area contributed by atoms with Crippen LogP contribution in [0.2, 0.25) is 0 Å². The molecule has 2 rings (SSSR count). The van der Waals surface area contributed by atoms with Crippen LogP contribution in [-0.2, 0) is 4.74 Å². The van der Waals surface area contributed by atoms with Crippen molar-refractivity contribution in [1.82, 2.24) is 5.32 Å². The van der Waals surface area contributed by atoms with E-state index in [-0.39, 0.29) is 6.10 Å². The molecule has 1 aromatic carbocycles. The number of benzene rings is 1. The summed E-state index contributed by atoms with van der Waals surface area (Å²) in [5.74, 6) is -0.843. The smallest absolute Gasteiger partial charge is 0.129 e. The monoisotopic (exact) mass is 213 g/mol. The van der Waals surface area contributed by atoms with Crippen molar-refractivity contribution in [1.29, 1.82) is 0 Å². The molecule has 15 heavy (non-hydrogen) atoms. The van der Waals surface area contributed by atoms with Crippen LogP contribution in [0.1, 0.15) is 18.1 Å². The van der Waals surface area contributed by atoms with E-state index in [2.05, 4.69) is 5.32 Å². The minimum atomic E-state index is -0.431. The molecule has 0 saturated carbocycles. The van der Waals surface area contributed by atoms with Gasteiger partial charge in [0.05, 0.1) is 6.10 Å². The summed E-state index contributed by atoms with van der Waals surface area (Å²) in [4.78, 5) is 0. The predicted octanol–water partition coefficient (Wildman–Crippen LogP) is 2.02. The van der Waals surface area contributed by atoms with Gasteiger partial charge in [-0.15, -0.1) is 0 Å². The molecule has 1 N–H and O–H groups in total. The molecule has 1 aromatic rings. The van der Waals surface area contributed by atoms with Gasteiger partial charge >= 0.3 is 0 Å². The van der Waals surface area contributed by atoms with Gasteiger partial charge in [0, 0.05) is 18.7 Å². The van der Waals surface area contributed by atoms with Gasteiger partial charge in [-0.05, 0) is 31.2 Å². The summed E-state index contributed by atoms with van der Waals surface area (Å²) >= 11 is 0. The molecule has 2 nitrogen and oxygen atoms in total. The fourth-order valence-corrected chi connectivity index (χ4v) is 1.68. The van der Waals surface area contributed by atoms with Gasteiger partial charge in [-0.1, -0.05) is 0 Å². The standard InChI is InChI=1S/C11H13F2NO/c12-8-2-3-10(13)9(6-8)11-7-14-4-1-5-15-11/h2-3,6,11,14H,1,4-5,7H2. The first-order valence-corrected chi connectivity index (χ1v) is 5.04. The molecule has 0 spiro atoms. The normalized spacial score (nSPS) is 22.4. The van der Waals surface area contributed by atoms with Crippen molar-refractivity contribution in [2.75, 3.05) is 19.7 Å². The first-order chi connectivity index (χ1) is 7.27. The Morgan fingerprint density at radius 1 is 1.33 bits per heavy atom. The van der Waals surface area contributed by atoms with Crippen LogP contribution in [0.15, 0.2) is 18.2 Å². The molecule has 0 bridgehead atoms. The minimum Gasteiger partial charge on any atom is -0.372 e. The average Bonchev–Trinajstić information content (AvgIpc) is 2.50. The Labute approximate surface area is 87.2 Å². The quantitative estimate of drug-likeness (QED) is 0.770. The number of ether oxygens (including phenoxy) is 1. The maximum Gasteiger partial charge on any atom is 0.129 e. The van der Waals surface area contributed by atoms with Crippen LogP contribution in [0.25, 0.3) is 0 Å². The summed E-state index contributed by atoms with van der Waals surface area (Å²) in [6.45, 7) is 1.96. The van der Waals surface area contributed by atoms with Crippen molar-refractivity contribution >= 4 is 0 Å². The third-order valence-corrected chi connectivity index (χ3v) is 2.45. The molecule has 1 aliphatic heterocycles. The van der Waals surface area contributed by atoms with Gasteiger partial charge in [0.1, 0.15) is 11.6 Å². The van der Waals surface area contributed by atoms with Crippen LogP contribution in [0.3, 0.4) is 0 Å². The van der Waals surface area contributed by atoms with Crippen molar-refractivity contribution in [3.05, 3.63) is 35.4 Å². The molecule has 0 amide bonds. The first kappa shape index (κ1) is 10.5. The van der Waals surface area contributed by atoms with Gasteiger partial charge in [-0.2, -0.15) is 0 Å².